The van der Waals surface area contributed by atoms with Crippen molar-refractivity contribution in [2.45, 2.75) is 69.1 Å². The minimum atomic E-state index is 0.461. The van der Waals surface area contributed by atoms with Crippen LogP contribution < -0.4 is 0 Å². The van der Waals surface area contributed by atoms with Crippen LogP contribution in [0.25, 0.3) is 0 Å². The molecule has 0 rings (SSSR count). The molecule has 0 aliphatic carbocycles. The summed E-state index contributed by atoms with van der Waals surface area (Å²) in [4.78, 5) is 0. The van der Waals surface area contributed by atoms with Gasteiger partial charge >= 0.3 is 104 Å². The van der Waals surface area contributed by atoms with Crippen LogP contribution in [-0.2, 0) is 0 Å². The normalized spacial score (nSPS) is 12.1. The van der Waals surface area contributed by atoms with E-state index in [1.54, 1.807) is 0 Å². The molecule has 0 spiro atoms. The number of hydrogen-bond donors (Lipinski definition) is 0. The van der Waals surface area contributed by atoms with E-state index in [9.17, 15) is 0 Å². The van der Waals surface area contributed by atoms with Crippen molar-refractivity contribution in [3.63, 3.8) is 0 Å². The average molecular weight is 208 g/mol. The first-order chi connectivity index (χ1) is 6.56. The fourth-order valence-corrected chi connectivity index (χ4v) is 2.40. The molecule has 0 aromatic heterocycles. The van der Waals surface area contributed by atoms with E-state index in [0.717, 1.165) is 0 Å². The number of rotatable bonds is 8. The molecule has 0 atom stereocenters. The summed E-state index contributed by atoms with van der Waals surface area (Å²) in [5.74, 6) is 1.34. The van der Waals surface area contributed by atoms with Crippen LogP contribution >= 0.6 is 11.8 Å². The number of hydrogen-bond acceptors (Lipinski definition) is 1. The van der Waals surface area contributed by atoms with Gasteiger partial charge in [-0.15, -0.1) is 0 Å². The van der Waals surface area contributed by atoms with Gasteiger partial charge in [0.15, 0.2) is 0 Å². The van der Waals surface area contributed by atoms with Crippen LogP contribution in [0, 0.1) is 0 Å². The molecule has 0 aliphatic heterocycles. The van der Waals surface area contributed by atoms with E-state index in [2.05, 4.69) is 50.2 Å². The molecule has 14 heavy (non-hydrogen) atoms. The van der Waals surface area contributed by atoms with Crippen LogP contribution in [0.5, 0.6) is 0 Å². The zero-order valence-electron chi connectivity index (χ0n) is 10.6. The molecule has 0 bridgehead atoms. The van der Waals surface area contributed by atoms with Crippen LogP contribution in [0.2, 0.25) is 5.09 Å². The summed E-state index contributed by atoms with van der Waals surface area (Å²) in [5, 5.41) is 1.36. The topological polar surface area (TPSA) is 0 Å². The van der Waals surface area contributed by atoms with Gasteiger partial charge in [-0.3, -0.25) is 0 Å². The summed E-state index contributed by atoms with van der Waals surface area (Å²) >= 11 is 4.38. The van der Waals surface area contributed by atoms with Gasteiger partial charge in [-0.2, -0.15) is 0 Å². The van der Waals surface area contributed by atoms with Crippen molar-refractivity contribution in [1.29, 1.82) is 0 Å². The summed E-state index contributed by atoms with van der Waals surface area (Å²) in [6.45, 7) is 6.91. The Kier molecular flexibility index (Phi) is 9.82. The molecular formula is C12H25LiS. The second kappa shape index (κ2) is 9.19. The van der Waals surface area contributed by atoms with Crippen molar-refractivity contribution in [1.82, 2.24) is 0 Å². The van der Waals surface area contributed by atoms with E-state index < -0.39 is 0 Å². The van der Waals surface area contributed by atoms with E-state index in [4.69, 9.17) is 0 Å². The van der Waals surface area contributed by atoms with E-state index in [1.165, 1.54) is 49.4 Å². The zero-order valence-corrected chi connectivity index (χ0v) is 11.4. The van der Waals surface area contributed by atoms with Gasteiger partial charge in [-0.05, 0) is 0 Å². The first kappa shape index (κ1) is 14.9. The Hall–Kier alpha value is 0.947. The third kappa shape index (κ3) is 12.9. The Morgan fingerprint density at radius 3 is 1.86 bits per heavy atom. The fraction of sp³-hybridized carbons (Fsp3) is 1.00. The van der Waals surface area contributed by atoms with Gasteiger partial charge in [-0.25, -0.2) is 0 Å². The van der Waals surface area contributed by atoms with E-state index in [-0.39, 0.29) is 0 Å². The average Bonchev–Trinajstić information content (AvgIpc) is 2.08. The van der Waals surface area contributed by atoms with Crippen LogP contribution in [0.15, 0.2) is 0 Å². The monoisotopic (exact) mass is 208 g/mol. The standard InChI is InChI=1S/C12H25S.Li/c1-5-6-7-8-9-10-11-13-12(2,3)4;/h1,5-11H2,2-4H3;. The second-order valence-electron chi connectivity index (χ2n) is 5.08. The molecular weight excluding hydrogens is 183 g/mol. The van der Waals surface area contributed by atoms with Crippen molar-refractivity contribution in [2.75, 3.05) is 5.75 Å². The predicted octanol–water partition coefficient (Wildman–Crippen LogP) is 4.45. The Morgan fingerprint density at radius 2 is 1.36 bits per heavy atom. The van der Waals surface area contributed by atoms with Gasteiger partial charge in [0.1, 0.15) is 0 Å². The summed E-state index contributed by atoms with van der Waals surface area (Å²) in [6.07, 6.45) is 8.62. The van der Waals surface area contributed by atoms with E-state index in [1.807, 2.05) is 0 Å². The molecule has 0 unspecified atom stereocenters. The summed E-state index contributed by atoms with van der Waals surface area (Å²) < 4.78 is 0.461. The minimum absolute atomic E-state index is 0.461. The fourth-order valence-electron chi connectivity index (χ4n) is 1.44. The summed E-state index contributed by atoms with van der Waals surface area (Å²) in [6, 6.07) is 0. The van der Waals surface area contributed by atoms with E-state index >= 15 is 0 Å². The molecule has 0 saturated carbocycles. The van der Waals surface area contributed by atoms with Gasteiger partial charge in [0.05, 0.1) is 0 Å². The Morgan fingerprint density at radius 1 is 0.857 bits per heavy atom. The van der Waals surface area contributed by atoms with Crippen molar-refractivity contribution in [3.05, 3.63) is 0 Å². The molecule has 0 fully saturated rings. The van der Waals surface area contributed by atoms with Gasteiger partial charge in [-0.1, -0.05) is 0 Å². The van der Waals surface area contributed by atoms with Crippen LogP contribution in [0.1, 0.15) is 59.3 Å². The quantitative estimate of drug-likeness (QED) is 0.419. The zero-order chi connectivity index (χ0) is 10.9. The Balaban J connectivity index is 2.99. The summed E-state index contributed by atoms with van der Waals surface area (Å²) in [7, 11) is 0. The first-order valence-electron chi connectivity index (χ1n) is 6.20. The maximum atomic E-state index is 2.30. The number of unbranched alkanes of at least 4 members (excludes halogenated alkanes) is 5. The van der Waals surface area contributed by atoms with Gasteiger partial charge < -0.3 is 0 Å². The predicted molar refractivity (Wildman–Crippen MR) is 70.5 cm³/mol. The molecule has 0 saturated heterocycles. The van der Waals surface area contributed by atoms with Gasteiger partial charge in [0, 0.05) is 0 Å². The van der Waals surface area contributed by atoms with Crippen molar-refractivity contribution >= 4 is 29.5 Å². The molecule has 0 aromatic rings. The molecule has 80 valence electrons. The SMILES string of the molecule is [Li][CH2]CCCCCCCSC(C)(C)C. The molecule has 0 nitrogen and oxygen atoms in total. The molecule has 0 amide bonds. The molecule has 0 N–H and O–H groups in total. The summed E-state index contributed by atoms with van der Waals surface area (Å²) in [5.41, 5.74) is 0. The molecule has 0 heterocycles. The third-order valence-corrected chi connectivity index (χ3v) is 3.64. The molecule has 2 heteroatoms. The van der Waals surface area contributed by atoms with Crippen molar-refractivity contribution in [3.8, 4) is 0 Å². The third-order valence-electron chi connectivity index (χ3n) is 2.28. The number of thioether (sulfide) groups is 1. The maximum absolute atomic E-state index is 2.30. The van der Waals surface area contributed by atoms with Gasteiger partial charge in [0.2, 0.25) is 0 Å². The van der Waals surface area contributed by atoms with Crippen LogP contribution in [-0.4, -0.2) is 28.2 Å². The Bertz CT molecular complexity index is 118. The van der Waals surface area contributed by atoms with Crippen LogP contribution in [0.3, 0.4) is 0 Å². The molecule has 0 aromatic carbocycles. The van der Waals surface area contributed by atoms with Crippen molar-refractivity contribution in [2.24, 2.45) is 0 Å². The Labute approximate surface area is 104 Å². The van der Waals surface area contributed by atoms with Gasteiger partial charge in [0.25, 0.3) is 0 Å². The molecule has 0 radical (unpaired) electrons. The van der Waals surface area contributed by atoms with Crippen molar-refractivity contribution < 1.29 is 0 Å². The molecule has 0 aliphatic rings. The van der Waals surface area contributed by atoms with E-state index in [0.29, 0.717) is 4.75 Å². The second-order valence-corrected chi connectivity index (χ2v) is 7.00. The van der Waals surface area contributed by atoms with Crippen LogP contribution in [0.4, 0.5) is 0 Å². The first-order valence-corrected chi connectivity index (χ1v) is 7.19.